The van der Waals surface area contributed by atoms with E-state index in [2.05, 4.69) is 47.0 Å². The lowest BCUT2D eigenvalue weighted by atomic mass is 9.84. The average Bonchev–Trinajstić information content (AvgIpc) is 3.53. The number of likely N-dealkylation sites (tertiary alicyclic amines) is 1. The zero-order valence-corrected chi connectivity index (χ0v) is 24.6. The molecule has 1 aliphatic heterocycles. The highest BCUT2D eigenvalue weighted by Crippen LogP contribution is 2.46. The second-order valence-corrected chi connectivity index (χ2v) is 13.0. The van der Waals surface area contributed by atoms with E-state index in [-0.39, 0.29) is 18.0 Å². The zero-order valence-electron chi connectivity index (χ0n) is 23.1. The average molecular weight is 589 g/mol. The summed E-state index contributed by atoms with van der Waals surface area (Å²) in [6.45, 7) is 0.586. The third-order valence-corrected chi connectivity index (χ3v) is 10.1. The predicted octanol–water partition coefficient (Wildman–Crippen LogP) is 9.27. The SMILES string of the molecule is O=C(O)N1CCC(n2c(C3CC3)nc3ccc(C(c4ccc(Cl)cc4)c4ccc(Cl)cc4)cc32)CC1C1CCCC1. The van der Waals surface area contributed by atoms with Crippen molar-refractivity contribution in [1.82, 2.24) is 14.5 Å². The van der Waals surface area contributed by atoms with Crippen LogP contribution in [-0.2, 0) is 0 Å². The Morgan fingerprint density at radius 3 is 2.02 bits per heavy atom. The molecule has 2 saturated carbocycles. The van der Waals surface area contributed by atoms with Crippen molar-refractivity contribution in [2.75, 3.05) is 6.54 Å². The van der Waals surface area contributed by atoms with Gasteiger partial charge in [0.25, 0.3) is 0 Å². The first-order chi connectivity index (χ1) is 20.0. The minimum atomic E-state index is -0.769. The second kappa shape index (κ2) is 11.0. The van der Waals surface area contributed by atoms with Gasteiger partial charge < -0.3 is 14.6 Å². The number of fused-ring (bicyclic) bond motifs is 1. The predicted molar refractivity (Wildman–Crippen MR) is 164 cm³/mol. The Bertz CT molecular complexity index is 1510. The molecule has 2 heterocycles. The van der Waals surface area contributed by atoms with Gasteiger partial charge in [-0.2, -0.15) is 0 Å². The molecular formula is C34H35Cl2N3O2. The number of imidazole rings is 1. The van der Waals surface area contributed by atoms with Gasteiger partial charge in [0.05, 0.1) is 11.0 Å². The van der Waals surface area contributed by atoms with Crippen molar-refractivity contribution in [2.45, 2.75) is 75.3 Å². The summed E-state index contributed by atoms with van der Waals surface area (Å²) in [6, 6.07) is 23.3. The maximum Gasteiger partial charge on any atom is 0.407 e. The molecule has 1 aromatic heterocycles. The summed E-state index contributed by atoms with van der Waals surface area (Å²) in [5, 5.41) is 11.5. The lowest BCUT2D eigenvalue weighted by Crippen LogP contribution is -2.49. The van der Waals surface area contributed by atoms with Gasteiger partial charge in [-0.25, -0.2) is 9.78 Å². The van der Waals surface area contributed by atoms with Gasteiger partial charge in [-0.3, -0.25) is 0 Å². The number of halogens is 2. The normalized spacial score (nSPS) is 21.7. The third kappa shape index (κ3) is 5.23. The van der Waals surface area contributed by atoms with Crippen LogP contribution < -0.4 is 0 Å². The van der Waals surface area contributed by atoms with Crippen molar-refractivity contribution < 1.29 is 9.90 Å². The number of nitrogens with zero attached hydrogens (tertiary/aromatic N) is 3. The molecule has 2 unspecified atom stereocenters. The van der Waals surface area contributed by atoms with E-state index in [0.29, 0.717) is 18.4 Å². The van der Waals surface area contributed by atoms with E-state index in [1.807, 2.05) is 24.3 Å². The number of benzene rings is 3. The van der Waals surface area contributed by atoms with Gasteiger partial charge in [0.15, 0.2) is 0 Å². The van der Waals surface area contributed by atoms with Crippen LogP contribution in [0.1, 0.15) is 91.8 Å². The van der Waals surface area contributed by atoms with E-state index in [1.54, 1.807) is 4.90 Å². The first kappa shape index (κ1) is 26.9. The Kier molecular flexibility index (Phi) is 7.20. The van der Waals surface area contributed by atoms with Crippen LogP contribution >= 0.6 is 23.2 Å². The molecule has 3 fully saturated rings. The van der Waals surface area contributed by atoms with Crippen LogP contribution in [0.4, 0.5) is 4.79 Å². The fraction of sp³-hybridized carbons (Fsp3) is 0.412. The standard InChI is InChI=1S/C34H35Cl2N3O2/c35-26-12-7-22(8-13-26)32(23-9-14-27(36)15-10-23)25-11-16-29-31(19-25)39(33(37-29)24-5-6-24)28-17-18-38(34(40)41)30(20-28)21-3-1-2-4-21/h7-16,19,21,24,28,30,32H,1-6,17-18,20H2,(H,40,41). The maximum atomic E-state index is 12.2. The second-order valence-electron chi connectivity index (χ2n) is 12.2. The Morgan fingerprint density at radius 1 is 0.829 bits per heavy atom. The zero-order chi connectivity index (χ0) is 28.1. The van der Waals surface area contributed by atoms with Crippen LogP contribution in [0.15, 0.2) is 66.7 Å². The van der Waals surface area contributed by atoms with Gasteiger partial charge in [-0.1, -0.05) is 66.4 Å². The number of hydrogen-bond acceptors (Lipinski definition) is 2. The molecule has 5 nitrogen and oxygen atoms in total. The van der Waals surface area contributed by atoms with Crippen molar-refractivity contribution in [2.24, 2.45) is 5.92 Å². The summed E-state index contributed by atoms with van der Waals surface area (Å²) >= 11 is 12.5. The van der Waals surface area contributed by atoms with E-state index < -0.39 is 6.09 Å². The van der Waals surface area contributed by atoms with Crippen LogP contribution in [0.5, 0.6) is 0 Å². The molecule has 212 valence electrons. The lowest BCUT2D eigenvalue weighted by Gasteiger charge is -2.42. The summed E-state index contributed by atoms with van der Waals surface area (Å²) < 4.78 is 2.51. The molecule has 0 spiro atoms. The first-order valence-corrected chi connectivity index (χ1v) is 15.7. The molecule has 0 radical (unpaired) electrons. The Balaban J connectivity index is 1.33. The maximum absolute atomic E-state index is 12.2. The Hall–Kier alpha value is -3.02. The molecule has 1 saturated heterocycles. The number of hydrogen-bond donors (Lipinski definition) is 1. The van der Waals surface area contributed by atoms with Gasteiger partial charge in [-0.05, 0) is 97.5 Å². The molecule has 4 aromatic rings. The molecular weight excluding hydrogens is 553 g/mol. The Labute approximate surface area is 251 Å². The van der Waals surface area contributed by atoms with Gasteiger partial charge in [0.1, 0.15) is 5.82 Å². The van der Waals surface area contributed by atoms with E-state index in [4.69, 9.17) is 28.2 Å². The van der Waals surface area contributed by atoms with E-state index in [1.165, 1.54) is 48.2 Å². The van der Waals surface area contributed by atoms with Crippen molar-refractivity contribution in [3.05, 3.63) is 99.3 Å². The third-order valence-electron chi connectivity index (χ3n) is 9.60. The fourth-order valence-corrected chi connectivity index (χ4v) is 7.70. The molecule has 3 aromatic carbocycles. The highest BCUT2D eigenvalue weighted by Gasteiger charge is 2.40. The van der Waals surface area contributed by atoms with Crippen molar-refractivity contribution in [3.63, 3.8) is 0 Å². The topological polar surface area (TPSA) is 58.4 Å². The fourth-order valence-electron chi connectivity index (χ4n) is 7.45. The Morgan fingerprint density at radius 2 is 1.44 bits per heavy atom. The molecule has 2 atom stereocenters. The largest absolute Gasteiger partial charge is 0.465 e. The van der Waals surface area contributed by atoms with Crippen LogP contribution in [0.25, 0.3) is 11.0 Å². The van der Waals surface area contributed by atoms with Gasteiger partial charge in [-0.15, -0.1) is 0 Å². The molecule has 1 N–H and O–H groups in total. The van der Waals surface area contributed by atoms with Crippen LogP contribution in [0.3, 0.4) is 0 Å². The van der Waals surface area contributed by atoms with Gasteiger partial charge in [0.2, 0.25) is 0 Å². The molecule has 7 rings (SSSR count). The highest BCUT2D eigenvalue weighted by atomic mass is 35.5. The minimum Gasteiger partial charge on any atom is -0.465 e. The number of carbonyl (C=O) groups is 1. The highest BCUT2D eigenvalue weighted by molar-refractivity contribution is 6.30. The summed E-state index contributed by atoms with van der Waals surface area (Å²) in [6.07, 6.45) is 7.95. The monoisotopic (exact) mass is 587 g/mol. The molecule has 1 amide bonds. The number of rotatable bonds is 6. The van der Waals surface area contributed by atoms with Crippen LogP contribution in [-0.4, -0.2) is 38.2 Å². The minimum absolute atomic E-state index is 0.0155. The summed E-state index contributed by atoms with van der Waals surface area (Å²) in [7, 11) is 0. The van der Waals surface area contributed by atoms with Gasteiger partial charge >= 0.3 is 6.09 Å². The molecule has 3 aliphatic rings. The van der Waals surface area contributed by atoms with E-state index in [9.17, 15) is 9.90 Å². The number of amides is 1. The van der Waals surface area contributed by atoms with E-state index in [0.717, 1.165) is 46.8 Å². The van der Waals surface area contributed by atoms with Crippen molar-refractivity contribution in [3.8, 4) is 0 Å². The van der Waals surface area contributed by atoms with Crippen molar-refractivity contribution >= 4 is 40.3 Å². The summed E-state index contributed by atoms with van der Waals surface area (Å²) in [5.41, 5.74) is 5.72. The molecule has 7 heteroatoms. The number of piperidine rings is 1. The van der Waals surface area contributed by atoms with Crippen LogP contribution in [0, 0.1) is 5.92 Å². The van der Waals surface area contributed by atoms with Crippen LogP contribution in [0.2, 0.25) is 10.0 Å². The molecule has 0 bridgehead atoms. The number of carboxylic acid groups (broad SMARTS) is 1. The summed E-state index contributed by atoms with van der Waals surface area (Å²) in [4.78, 5) is 19.2. The lowest BCUT2D eigenvalue weighted by molar-refractivity contribution is 0.0671. The smallest absolute Gasteiger partial charge is 0.407 e. The molecule has 2 aliphatic carbocycles. The summed E-state index contributed by atoms with van der Waals surface area (Å²) in [5.74, 6) is 2.16. The quantitative estimate of drug-likeness (QED) is 0.229. The van der Waals surface area contributed by atoms with Crippen molar-refractivity contribution in [1.29, 1.82) is 0 Å². The molecule has 41 heavy (non-hydrogen) atoms. The first-order valence-electron chi connectivity index (χ1n) is 15.0. The van der Waals surface area contributed by atoms with Gasteiger partial charge in [0, 0.05) is 40.5 Å². The van der Waals surface area contributed by atoms with E-state index >= 15 is 0 Å². The number of aromatic nitrogens is 2.